The third kappa shape index (κ3) is 2.62. The zero-order chi connectivity index (χ0) is 15.2. The number of hydrogen-bond donors (Lipinski definition) is 1. The second-order valence-electron chi connectivity index (χ2n) is 7.58. The zero-order valence-electron chi connectivity index (χ0n) is 13.0. The Bertz CT molecular complexity index is 435. The summed E-state index contributed by atoms with van der Waals surface area (Å²) >= 11 is 0. The van der Waals surface area contributed by atoms with Crippen molar-refractivity contribution in [2.24, 2.45) is 5.92 Å². The normalized spacial score (nSPS) is 34.3. The van der Waals surface area contributed by atoms with Crippen molar-refractivity contribution in [2.45, 2.75) is 76.4 Å². The van der Waals surface area contributed by atoms with Crippen LogP contribution in [0.4, 0.5) is 4.79 Å². The predicted octanol–water partition coefficient (Wildman–Crippen LogP) is 2.70. The van der Waals surface area contributed by atoms with Gasteiger partial charge in [0.2, 0.25) is 0 Å². The van der Waals surface area contributed by atoms with E-state index in [9.17, 15) is 9.59 Å². The fraction of sp³-hybridized carbons (Fsp3) is 0.875. The van der Waals surface area contributed by atoms with Crippen LogP contribution in [-0.4, -0.2) is 51.1 Å². The minimum atomic E-state index is -0.708. The highest BCUT2D eigenvalue weighted by Gasteiger charge is 2.47. The van der Waals surface area contributed by atoms with Gasteiger partial charge in [-0.1, -0.05) is 0 Å². The molecule has 0 radical (unpaired) electrons. The van der Waals surface area contributed by atoms with Gasteiger partial charge >= 0.3 is 12.0 Å². The van der Waals surface area contributed by atoms with E-state index in [1.54, 1.807) is 0 Å². The van der Waals surface area contributed by atoms with Gasteiger partial charge in [-0.25, -0.2) is 4.79 Å². The molecule has 0 aromatic carbocycles. The minimum absolute atomic E-state index is 0.0333. The predicted molar refractivity (Wildman–Crippen MR) is 79.0 cm³/mol. The monoisotopic (exact) mass is 294 g/mol. The largest absolute Gasteiger partial charge is 0.481 e. The van der Waals surface area contributed by atoms with Crippen molar-refractivity contribution >= 4 is 12.0 Å². The molecule has 3 aliphatic rings. The summed E-state index contributed by atoms with van der Waals surface area (Å²) in [4.78, 5) is 28.0. The van der Waals surface area contributed by atoms with Crippen molar-refractivity contribution in [1.82, 2.24) is 9.80 Å². The number of carbonyl (C=O) groups is 2. The lowest BCUT2D eigenvalue weighted by Gasteiger charge is -2.43. The SMILES string of the molecule is CC1(C)CCCN1C(=O)N1C2CCC1CC(CC(=O)O)C2. The molecule has 0 saturated carbocycles. The van der Waals surface area contributed by atoms with Gasteiger partial charge in [-0.3, -0.25) is 4.79 Å². The van der Waals surface area contributed by atoms with E-state index in [1.807, 2.05) is 4.90 Å². The van der Waals surface area contributed by atoms with Crippen LogP contribution in [0.5, 0.6) is 0 Å². The molecule has 118 valence electrons. The van der Waals surface area contributed by atoms with Crippen molar-refractivity contribution < 1.29 is 14.7 Å². The molecule has 0 aromatic heterocycles. The lowest BCUT2D eigenvalue weighted by molar-refractivity contribution is -0.138. The fourth-order valence-electron chi connectivity index (χ4n) is 4.62. The Kier molecular flexibility index (Phi) is 3.62. The topological polar surface area (TPSA) is 60.9 Å². The van der Waals surface area contributed by atoms with Crippen LogP contribution in [0.3, 0.4) is 0 Å². The fourth-order valence-corrected chi connectivity index (χ4v) is 4.62. The van der Waals surface area contributed by atoms with Crippen molar-refractivity contribution in [3.8, 4) is 0 Å². The highest BCUT2D eigenvalue weighted by atomic mass is 16.4. The van der Waals surface area contributed by atoms with Crippen molar-refractivity contribution in [2.75, 3.05) is 6.54 Å². The zero-order valence-corrected chi connectivity index (χ0v) is 13.0. The molecule has 2 atom stereocenters. The highest BCUT2D eigenvalue weighted by molar-refractivity contribution is 5.77. The van der Waals surface area contributed by atoms with Crippen LogP contribution < -0.4 is 0 Å². The number of carboxylic acids is 1. The van der Waals surface area contributed by atoms with Gasteiger partial charge in [-0.05, 0) is 58.3 Å². The number of hydrogen-bond acceptors (Lipinski definition) is 2. The lowest BCUT2D eigenvalue weighted by Crippen LogP contribution is -2.55. The highest BCUT2D eigenvalue weighted by Crippen LogP contribution is 2.42. The van der Waals surface area contributed by atoms with E-state index in [0.29, 0.717) is 0 Å². The van der Waals surface area contributed by atoms with Gasteiger partial charge in [-0.15, -0.1) is 0 Å². The first-order valence-corrected chi connectivity index (χ1v) is 8.20. The summed E-state index contributed by atoms with van der Waals surface area (Å²) in [6.07, 6.45) is 6.23. The summed E-state index contributed by atoms with van der Waals surface area (Å²) in [5, 5.41) is 8.99. The number of nitrogens with zero attached hydrogens (tertiary/aromatic N) is 2. The Labute approximate surface area is 126 Å². The number of carbonyl (C=O) groups excluding carboxylic acids is 1. The minimum Gasteiger partial charge on any atom is -0.481 e. The van der Waals surface area contributed by atoms with Gasteiger partial charge in [0, 0.05) is 30.6 Å². The molecular formula is C16H26N2O3. The Balaban J connectivity index is 1.70. The quantitative estimate of drug-likeness (QED) is 0.851. The van der Waals surface area contributed by atoms with Crippen LogP contribution in [0.2, 0.25) is 0 Å². The van der Waals surface area contributed by atoms with Gasteiger partial charge in [0.05, 0.1) is 0 Å². The van der Waals surface area contributed by atoms with Crippen LogP contribution in [0.1, 0.15) is 58.8 Å². The number of carboxylic acid groups (broad SMARTS) is 1. The number of aliphatic carboxylic acids is 1. The van der Waals surface area contributed by atoms with E-state index in [4.69, 9.17) is 5.11 Å². The van der Waals surface area contributed by atoms with E-state index < -0.39 is 5.97 Å². The molecule has 0 spiro atoms. The van der Waals surface area contributed by atoms with Gasteiger partial charge < -0.3 is 14.9 Å². The van der Waals surface area contributed by atoms with Crippen LogP contribution in [0.25, 0.3) is 0 Å². The molecule has 3 saturated heterocycles. The Morgan fingerprint density at radius 3 is 2.29 bits per heavy atom. The smallest absolute Gasteiger partial charge is 0.320 e. The maximum Gasteiger partial charge on any atom is 0.320 e. The first-order valence-electron chi connectivity index (χ1n) is 8.20. The summed E-state index contributed by atoms with van der Waals surface area (Å²) in [6, 6.07) is 0.716. The van der Waals surface area contributed by atoms with Gasteiger partial charge in [-0.2, -0.15) is 0 Å². The third-order valence-electron chi connectivity index (χ3n) is 5.65. The molecular weight excluding hydrogens is 268 g/mol. The van der Waals surface area contributed by atoms with E-state index in [2.05, 4.69) is 18.7 Å². The molecule has 2 bridgehead atoms. The van der Waals surface area contributed by atoms with E-state index in [-0.39, 0.29) is 36.0 Å². The number of rotatable bonds is 2. The molecule has 5 nitrogen and oxygen atoms in total. The molecule has 1 N–H and O–H groups in total. The van der Waals surface area contributed by atoms with E-state index >= 15 is 0 Å². The summed E-state index contributed by atoms with van der Waals surface area (Å²) in [6.45, 7) is 5.16. The number of amides is 2. The first kappa shape index (κ1) is 14.7. The summed E-state index contributed by atoms with van der Waals surface area (Å²) < 4.78 is 0. The molecule has 3 aliphatic heterocycles. The number of urea groups is 1. The third-order valence-corrected chi connectivity index (χ3v) is 5.65. The molecule has 2 unspecified atom stereocenters. The van der Waals surface area contributed by atoms with Crippen LogP contribution >= 0.6 is 0 Å². The average Bonchev–Trinajstić information content (AvgIpc) is 2.86. The molecule has 3 rings (SSSR count). The Hall–Kier alpha value is -1.26. The summed E-state index contributed by atoms with van der Waals surface area (Å²) in [5.41, 5.74) is -0.0333. The Morgan fingerprint density at radius 2 is 1.81 bits per heavy atom. The van der Waals surface area contributed by atoms with Gasteiger partial charge in [0.15, 0.2) is 0 Å². The Morgan fingerprint density at radius 1 is 1.19 bits per heavy atom. The van der Waals surface area contributed by atoms with Crippen LogP contribution in [-0.2, 0) is 4.79 Å². The molecule has 0 aromatic rings. The first-order chi connectivity index (χ1) is 9.88. The maximum absolute atomic E-state index is 12.9. The molecule has 0 aliphatic carbocycles. The van der Waals surface area contributed by atoms with Gasteiger partial charge in [0.1, 0.15) is 0 Å². The van der Waals surface area contributed by atoms with Crippen molar-refractivity contribution in [3.63, 3.8) is 0 Å². The summed E-state index contributed by atoms with van der Waals surface area (Å²) in [5.74, 6) is -0.463. The number of piperidine rings is 1. The molecule has 3 heterocycles. The lowest BCUT2D eigenvalue weighted by atomic mass is 9.88. The second-order valence-corrected chi connectivity index (χ2v) is 7.58. The average molecular weight is 294 g/mol. The van der Waals surface area contributed by atoms with Crippen molar-refractivity contribution in [3.05, 3.63) is 0 Å². The molecule has 21 heavy (non-hydrogen) atoms. The maximum atomic E-state index is 12.9. The number of fused-ring (bicyclic) bond motifs is 2. The molecule has 2 amide bonds. The van der Waals surface area contributed by atoms with E-state index in [0.717, 1.165) is 45.1 Å². The second kappa shape index (κ2) is 5.18. The molecule has 5 heteroatoms. The van der Waals surface area contributed by atoms with Crippen LogP contribution in [0, 0.1) is 5.92 Å². The van der Waals surface area contributed by atoms with Crippen molar-refractivity contribution in [1.29, 1.82) is 0 Å². The van der Waals surface area contributed by atoms with E-state index in [1.165, 1.54) is 0 Å². The number of likely N-dealkylation sites (tertiary alicyclic amines) is 1. The molecule has 3 fully saturated rings. The summed E-state index contributed by atoms with van der Waals surface area (Å²) in [7, 11) is 0. The van der Waals surface area contributed by atoms with Gasteiger partial charge in [0.25, 0.3) is 0 Å². The standard InChI is InChI=1S/C16H26N2O3/c1-16(2)6-3-7-17(16)15(21)18-12-4-5-13(18)9-11(8-12)10-14(19)20/h11-13H,3-10H2,1-2H3,(H,19,20). The van der Waals surface area contributed by atoms with Crippen LogP contribution in [0.15, 0.2) is 0 Å².